The summed E-state index contributed by atoms with van der Waals surface area (Å²) in [5, 5.41) is 1.73. The molecule has 0 aliphatic carbocycles. The van der Waals surface area contributed by atoms with Crippen LogP contribution in [0.25, 0.3) is 0 Å². The first-order valence-corrected chi connectivity index (χ1v) is 6.09. The summed E-state index contributed by atoms with van der Waals surface area (Å²) in [6, 6.07) is 2.26. The van der Waals surface area contributed by atoms with Crippen LogP contribution in [0.2, 0.25) is 0 Å². The summed E-state index contributed by atoms with van der Waals surface area (Å²) in [5.74, 6) is -1.67. The van der Waals surface area contributed by atoms with E-state index in [1.54, 1.807) is 5.32 Å². The lowest BCUT2D eigenvalue weighted by Crippen LogP contribution is -2.59. The third-order valence-corrected chi connectivity index (χ3v) is 3.00. The predicted octanol–water partition coefficient (Wildman–Crippen LogP) is 3.69. The van der Waals surface area contributed by atoms with Crippen molar-refractivity contribution in [3.63, 3.8) is 0 Å². The molecule has 1 atom stereocenters. The Morgan fingerprint density at radius 3 is 2.10 bits per heavy atom. The third kappa shape index (κ3) is 4.10. The van der Waals surface area contributed by atoms with Crippen LogP contribution in [0.3, 0.4) is 0 Å². The summed E-state index contributed by atoms with van der Waals surface area (Å²) in [4.78, 5) is 11.5. The monoisotopic (exact) mass is 378 g/mol. The normalized spacial score (nSPS) is 15.5. The van der Waals surface area contributed by atoms with Crippen molar-refractivity contribution in [1.29, 1.82) is 0 Å². The molecule has 3 N–H and O–H groups in total. The van der Waals surface area contributed by atoms with E-state index in [0.29, 0.717) is 13.0 Å². The van der Waals surface area contributed by atoms with Gasteiger partial charge in [-0.1, -0.05) is 15.9 Å². The number of hydrogen-bond donors (Lipinski definition) is 2. The first-order chi connectivity index (χ1) is 9.25. The fourth-order valence-corrected chi connectivity index (χ4v) is 1.71. The van der Waals surface area contributed by atoms with Gasteiger partial charge in [0.1, 0.15) is 0 Å². The molecule has 3 nitrogen and oxygen atoms in total. The molecule has 0 fully saturated rings. The van der Waals surface area contributed by atoms with E-state index in [2.05, 4.69) is 15.9 Å². The Balaban J connectivity index is 3.10. The Bertz CT molecular complexity index is 553. The number of anilines is 1. The Labute approximate surface area is 123 Å². The first-order valence-electron chi connectivity index (χ1n) is 5.30. The molecule has 0 saturated heterocycles. The van der Waals surface area contributed by atoms with Gasteiger partial charge in [0.05, 0.1) is 5.56 Å². The summed E-state index contributed by atoms with van der Waals surface area (Å²) >= 11 is 2.78. The predicted molar refractivity (Wildman–Crippen MR) is 66.4 cm³/mol. The number of benzene rings is 1. The van der Waals surface area contributed by atoms with Gasteiger partial charge in [0.15, 0.2) is 5.54 Å². The Morgan fingerprint density at radius 2 is 1.67 bits per heavy atom. The number of halogens is 7. The number of amides is 1. The largest absolute Gasteiger partial charge is 0.416 e. The van der Waals surface area contributed by atoms with E-state index in [-0.39, 0.29) is 4.47 Å². The number of carbonyl (C=O) groups excluding carboxylic acids is 1. The highest BCUT2D eigenvalue weighted by Crippen LogP contribution is 2.34. The Hall–Kier alpha value is -1.29. The molecule has 0 heterocycles. The molecular formula is C11H9BrF6N2O. The van der Waals surface area contributed by atoms with E-state index >= 15 is 0 Å². The first kappa shape index (κ1) is 17.8. The van der Waals surface area contributed by atoms with Gasteiger partial charge < -0.3 is 11.1 Å². The molecule has 0 aromatic heterocycles. The minimum atomic E-state index is -5.05. The third-order valence-electron chi connectivity index (χ3n) is 2.54. The zero-order valence-electron chi connectivity index (χ0n) is 10.4. The standard InChI is InChI=1S/C11H9BrF6N2O/c1-9(19,11(16,17)18)8(21)20-7-3-5(10(13,14)15)2-6(12)4-7/h2-4H,19H2,1H3,(H,20,21). The minimum Gasteiger partial charge on any atom is -0.324 e. The van der Waals surface area contributed by atoms with E-state index in [0.717, 1.165) is 12.1 Å². The second kappa shape index (κ2) is 5.48. The average Bonchev–Trinajstić information content (AvgIpc) is 2.25. The van der Waals surface area contributed by atoms with Crippen molar-refractivity contribution in [1.82, 2.24) is 0 Å². The maximum Gasteiger partial charge on any atom is 0.416 e. The van der Waals surface area contributed by atoms with Crippen molar-refractivity contribution >= 4 is 27.5 Å². The average molecular weight is 379 g/mol. The van der Waals surface area contributed by atoms with Gasteiger partial charge in [-0.3, -0.25) is 4.79 Å². The molecule has 1 aromatic rings. The van der Waals surface area contributed by atoms with E-state index in [1.807, 2.05) is 0 Å². The molecular weight excluding hydrogens is 370 g/mol. The van der Waals surface area contributed by atoms with Crippen molar-refractivity contribution in [3.05, 3.63) is 28.2 Å². The lowest BCUT2D eigenvalue weighted by atomic mass is 10.0. The Morgan fingerprint density at radius 1 is 1.14 bits per heavy atom. The molecule has 0 spiro atoms. The highest BCUT2D eigenvalue weighted by Gasteiger charge is 2.54. The molecule has 0 saturated carbocycles. The summed E-state index contributed by atoms with van der Waals surface area (Å²) < 4.78 is 75.3. The highest BCUT2D eigenvalue weighted by atomic mass is 79.9. The molecule has 10 heteroatoms. The lowest BCUT2D eigenvalue weighted by Gasteiger charge is -2.26. The lowest BCUT2D eigenvalue weighted by molar-refractivity contribution is -0.184. The van der Waals surface area contributed by atoms with Crippen LogP contribution in [0.5, 0.6) is 0 Å². The molecule has 1 rings (SSSR count). The van der Waals surface area contributed by atoms with Crippen LogP contribution in [0.15, 0.2) is 22.7 Å². The van der Waals surface area contributed by atoms with Gasteiger partial charge in [0, 0.05) is 10.2 Å². The van der Waals surface area contributed by atoms with Gasteiger partial charge in [-0.25, -0.2) is 0 Å². The fourth-order valence-electron chi connectivity index (χ4n) is 1.22. The van der Waals surface area contributed by atoms with Gasteiger partial charge in [0.25, 0.3) is 5.91 Å². The van der Waals surface area contributed by atoms with Crippen LogP contribution < -0.4 is 11.1 Å². The van der Waals surface area contributed by atoms with Gasteiger partial charge >= 0.3 is 12.4 Å². The van der Waals surface area contributed by atoms with Crippen LogP contribution in [-0.2, 0) is 11.0 Å². The van der Waals surface area contributed by atoms with Crippen LogP contribution in [0.4, 0.5) is 32.0 Å². The van der Waals surface area contributed by atoms with Crippen LogP contribution in [0, 0.1) is 0 Å². The number of carbonyl (C=O) groups is 1. The number of nitrogens with one attached hydrogen (secondary N) is 1. The van der Waals surface area contributed by atoms with Crippen molar-refractivity contribution in [2.45, 2.75) is 24.8 Å². The summed E-state index contributed by atoms with van der Waals surface area (Å²) in [6.45, 7) is 0.422. The van der Waals surface area contributed by atoms with E-state index in [1.165, 1.54) is 0 Å². The Kier molecular flexibility index (Phi) is 4.64. The highest BCUT2D eigenvalue weighted by molar-refractivity contribution is 9.10. The van der Waals surface area contributed by atoms with Gasteiger partial charge in [-0.2, -0.15) is 26.3 Å². The quantitative estimate of drug-likeness (QED) is 0.771. The van der Waals surface area contributed by atoms with Crippen molar-refractivity contribution < 1.29 is 31.1 Å². The molecule has 21 heavy (non-hydrogen) atoms. The topological polar surface area (TPSA) is 55.1 Å². The second-order valence-electron chi connectivity index (χ2n) is 4.38. The summed E-state index contributed by atoms with van der Waals surface area (Å²) in [5.41, 5.74) is 0.0648. The van der Waals surface area contributed by atoms with Gasteiger partial charge in [-0.15, -0.1) is 0 Å². The zero-order chi connectivity index (χ0) is 16.6. The molecule has 118 valence electrons. The molecule has 1 amide bonds. The number of alkyl halides is 6. The van der Waals surface area contributed by atoms with E-state index in [9.17, 15) is 31.1 Å². The summed E-state index contributed by atoms with van der Waals surface area (Å²) in [7, 11) is 0. The van der Waals surface area contributed by atoms with Crippen LogP contribution >= 0.6 is 15.9 Å². The van der Waals surface area contributed by atoms with E-state index < -0.39 is 35.0 Å². The maximum absolute atomic E-state index is 12.6. The van der Waals surface area contributed by atoms with Crippen LogP contribution in [0.1, 0.15) is 12.5 Å². The number of nitrogens with two attached hydrogens (primary N) is 1. The second-order valence-corrected chi connectivity index (χ2v) is 5.30. The maximum atomic E-state index is 12.6. The fraction of sp³-hybridized carbons (Fsp3) is 0.364. The van der Waals surface area contributed by atoms with Crippen molar-refractivity contribution in [3.8, 4) is 0 Å². The molecule has 0 bridgehead atoms. The number of rotatable bonds is 2. The number of hydrogen-bond acceptors (Lipinski definition) is 2. The minimum absolute atomic E-state index is 0.0571. The molecule has 0 radical (unpaired) electrons. The molecule has 0 aliphatic rings. The zero-order valence-corrected chi connectivity index (χ0v) is 11.9. The smallest absolute Gasteiger partial charge is 0.324 e. The van der Waals surface area contributed by atoms with Crippen molar-refractivity contribution in [2.75, 3.05) is 5.32 Å². The SMILES string of the molecule is CC(N)(C(=O)Nc1cc(Br)cc(C(F)(F)F)c1)C(F)(F)F. The summed E-state index contributed by atoms with van der Waals surface area (Å²) in [6.07, 6.45) is -9.75. The van der Waals surface area contributed by atoms with Crippen LogP contribution in [-0.4, -0.2) is 17.6 Å². The molecule has 0 aliphatic heterocycles. The molecule has 1 unspecified atom stereocenters. The van der Waals surface area contributed by atoms with Crippen molar-refractivity contribution in [2.24, 2.45) is 5.73 Å². The molecule has 1 aromatic carbocycles. The van der Waals surface area contributed by atoms with Gasteiger partial charge in [-0.05, 0) is 25.1 Å². The van der Waals surface area contributed by atoms with Gasteiger partial charge in [0.2, 0.25) is 0 Å². The van der Waals surface area contributed by atoms with E-state index in [4.69, 9.17) is 5.73 Å².